The van der Waals surface area contributed by atoms with Gasteiger partial charge in [-0.1, -0.05) is 63.4 Å². The second-order valence-corrected chi connectivity index (χ2v) is 18.5. The number of anilines is 1. The van der Waals surface area contributed by atoms with Crippen LogP contribution in [0.15, 0.2) is 30.3 Å². The van der Waals surface area contributed by atoms with Crippen LogP contribution >= 0.6 is 0 Å². The summed E-state index contributed by atoms with van der Waals surface area (Å²) in [5, 5.41) is 0. The molecule has 0 fully saturated rings. The molecule has 148 valence electrons. The summed E-state index contributed by atoms with van der Waals surface area (Å²) in [4.78, 5) is 14.4. The molecule has 1 unspecified atom stereocenters. The largest absolute Gasteiger partial charge is 0.449 e. The Balaban J connectivity index is 2.54. The molecule has 1 amide bonds. The van der Waals surface area contributed by atoms with Crippen LogP contribution in [0.3, 0.4) is 0 Å². The molecule has 0 saturated heterocycles. The highest BCUT2D eigenvalue weighted by molar-refractivity contribution is 6.84. The number of hydrogen-bond donors (Lipinski definition) is 0. The molecule has 0 spiro atoms. The molecule has 0 aliphatic carbocycles. The molecule has 1 heterocycles. The lowest BCUT2D eigenvalue weighted by molar-refractivity contribution is 0.159. The van der Waals surface area contributed by atoms with Crippen LogP contribution in [-0.4, -0.2) is 34.9 Å². The minimum absolute atomic E-state index is 0.329. The van der Waals surface area contributed by atoms with Crippen LogP contribution in [0, 0.1) is 22.9 Å². The van der Waals surface area contributed by atoms with Gasteiger partial charge in [0.1, 0.15) is 22.2 Å². The van der Waals surface area contributed by atoms with Crippen LogP contribution in [0.5, 0.6) is 0 Å². The minimum Gasteiger partial charge on any atom is -0.449 e. The first-order valence-electron chi connectivity index (χ1n) is 9.80. The van der Waals surface area contributed by atoms with Gasteiger partial charge in [-0.3, -0.25) is 4.90 Å². The molecule has 0 N–H and O–H groups in total. The maximum absolute atomic E-state index is 12.7. The number of ether oxygens (including phenoxy) is 1. The van der Waals surface area contributed by atoms with E-state index in [1.54, 1.807) is 4.90 Å². The topological polar surface area (TPSA) is 29.5 Å². The first-order valence-corrected chi connectivity index (χ1v) is 16.8. The fourth-order valence-electron chi connectivity index (χ4n) is 2.82. The van der Waals surface area contributed by atoms with Gasteiger partial charge in [0.05, 0.1) is 12.3 Å². The summed E-state index contributed by atoms with van der Waals surface area (Å²) in [5.74, 6) is 6.72. The Kier molecular flexibility index (Phi) is 6.98. The Morgan fingerprint density at radius 1 is 1.07 bits per heavy atom. The molecule has 0 saturated carbocycles. The summed E-state index contributed by atoms with van der Waals surface area (Å²) >= 11 is 0. The van der Waals surface area contributed by atoms with Crippen molar-refractivity contribution in [3.05, 3.63) is 35.9 Å². The lowest BCUT2D eigenvalue weighted by Crippen LogP contribution is -2.42. The number of carbonyl (C=O) groups is 1. The second-order valence-electron chi connectivity index (χ2n) is 8.97. The fourth-order valence-corrected chi connectivity index (χ4v) is 4.02. The molecule has 1 atom stereocenters. The molecule has 28 heavy (non-hydrogen) atoms. The van der Waals surface area contributed by atoms with Gasteiger partial charge in [-0.25, -0.2) is 4.79 Å². The number of hydrogen-bond acceptors (Lipinski definition) is 2. The van der Waals surface area contributed by atoms with Gasteiger partial charge in [0.25, 0.3) is 0 Å². The maximum Gasteiger partial charge on any atom is 0.415 e. The normalized spacial score (nSPS) is 16.0. The highest BCUT2D eigenvalue weighted by Gasteiger charge is 2.31. The van der Waals surface area contributed by atoms with Crippen molar-refractivity contribution < 1.29 is 9.53 Å². The molecule has 1 aromatic carbocycles. The first-order chi connectivity index (χ1) is 13.0. The zero-order valence-corrected chi connectivity index (χ0v) is 20.1. The van der Waals surface area contributed by atoms with E-state index in [0.717, 1.165) is 16.8 Å². The molecule has 1 aliphatic heterocycles. The van der Waals surface area contributed by atoms with E-state index in [-0.39, 0.29) is 12.1 Å². The molecular weight excluding hydrogens is 378 g/mol. The van der Waals surface area contributed by atoms with Gasteiger partial charge >= 0.3 is 6.09 Å². The zero-order chi connectivity index (χ0) is 20.9. The number of benzene rings is 1. The number of amides is 1. The first kappa shape index (κ1) is 22.1. The van der Waals surface area contributed by atoms with Crippen LogP contribution in [0.2, 0.25) is 39.3 Å². The Hall–Kier alpha value is -2.22. The average Bonchev–Trinajstić information content (AvgIpc) is 2.58. The van der Waals surface area contributed by atoms with Gasteiger partial charge in [-0.05, 0) is 24.6 Å². The maximum atomic E-state index is 12.7. The quantitative estimate of drug-likeness (QED) is 0.472. The summed E-state index contributed by atoms with van der Waals surface area (Å²) in [6.07, 6.45) is 2.40. The smallest absolute Gasteiger partial charge is 0.415 e. The van der Waals surface area contributed by atoms with Crippen molar-refractivity contribution >= 4 is 33.5 Å². The van der Waals surface area contributed by atoms with Crippen molar-refractivity contribution in [1.82, 2.24) is 0 Å². The highest BCUT2D eigenvalue weighted by Crippen LogP contribution is 2.36. The predicted octanol–water partition coefficient (Wildman–Crippen LogP) is 5.57. The molecule has 1 aromatic rings. The van der Waals surface area contributed by atoms with Crippen molar-refractivity contribution in [2.75, 3.05) is 11.5 Å². The van der Waals surface area contributed by atoms with Crippen molar-refractivity contribution in [3.63, 3.8) is 0 Å². The van der Waals surface area contributed by atoms with Crippen LogP contribution in [0.4, 0.5) is 10.5 Å². The SMILES string of the molecule is CCOC(=O)N1c2ccccc2C(CC#C[Si](C)(C)C)=CC1C#C[Si](C)(C)C. The number of fused-ring (bicyclic) bond motifs is 1. The van der Waals surface area contributed by atoms with E-state index in [1.807, 2.05) is 31.2 Å². The molecule has 0 bridgehead atoms. The van der Waals surface area contributed by atoms with Gasteiger partial charge in [0, 0.05) is 12.0 Å². The summed E-state index contributed by atoms with van der Waals surface area (Å²) in [6, 6.07) is 7.63. The Morgan fingerprint density at radius 2 is 1.71 bits per heavy atom. The third-order valence-corrected chi connectivity index (χ3v) is 5.77. The van der Waals surface area contributed by atoms with Crippen molar-refractivity contribution in [2.45, 2.75) is 58.7 Å². The summed E-state index contributed by atoms with van der Waals surface area (Å²) in [6.45, 7) is 15.5. The number of carbonyl (C=O) groups excluding carboxylic acids is 1. The Morgan fingerprint density at radius 3 is 2.32 bits per heavy atom. The zero-order valence-electron chi connectivity index (χ0n) is 18.1. The summed E-state index contributed by atoms with van der Waals surface area (Å²) in [5.41, 5.74) is 9.87. The van der Waals surface area contributed by atoms with Crippen molar-refractivity contribution in [3.8, 4) is 22.9 Å². The van der Waals surface area contributed by atoms with Crippen LogP contribution in [0.25, 0.3) is 5.57 Å². The van der Waals surface area contributed by atoms with Crippen LogP contribution < -0.4 is 4.90 Å². The molecular formula is C23H31NO2Si2. The molecule has 5 heteroatoms. The van der Waals surface area contributed by atoms with Gasteiger partial charge in [0.2, 0.25) is 0 Å². The molecule has 3 nitrogen and oxygen atoms in total. The predicted molar refractivity (Wildman–Crippen MR) is 125 cm³/mol. The van der Waals surface area contributed by atoms with Gasteiger partial charge < -0.3 is 4.74 Å². The summed E-state index contributed by atoms with van der Waals surface area (Å²) in [7, 11) is -3.01. The van der Waals surface area contributed by atoms with Gasteiger partial charge in [-0.2, -0.15) is 0 Å². The molecule has 2 rings (SSSR count). The molecule has 0 radical (unpaired) electrons. The third kappa shape index (κ3) is 6.16. The van der Waals surface area contributed by atoms with Crippen molar-refractivity contribution in [2.24, 2.45) is 0 Å². The minimum atomic E-state index is -1.58. The number of nitrogens with zero attached hydrogens (tertiary/aromatic N) is 1. The third-order valence-electron chi connectivity index (χ3n) is 3.95. The fraction of sp³-hybridized carbons (Fsp3) is 0.435. The van der Waals surface area contributed by atoms with E-state index >= 15 is 0 Å². The standard InChI is InChI=1S/C23H31NO2Si2/c1-8-26-23(25)24-20(15-17-28(5,6)7)18-19(12-11-16-27(2,3)4)21-13-9-10-14-22(21)24/h9-10,13-14,18,20H,8,12H2,1-7H3. The van der Waals surface area contributed by atoms with Crippen molar-refractivity contribution in [1.29, 1.82) is 0 Å². The van der Waals surface area contributed by atoms with Gasteiger partial charge in [0.15, 0.2) is 0 Å². The molecule has 1 aliphatic rings. The van der Waals surface area contributed by atoms with E-state index in [2.05, 4.69) is 68.3 Å². The monoisotopic (exact) mass is 409 g/mol. The molecule has 0 aromatic heterocycles. The van der Waals surface area contributed by atoms with Crippen LogP contribution in [-0.2, 0) is 4.74 Å². The summed E-state index contributed by atoms with van der Waals surface area (Å²) < 4.78 is 5.34. The van der Waals surface area contributed by atoms with E-state index in [0.29, 0.717) is 13.0 Å². The Labute approximate surface area is 172 Å². The number of allylic oxidation sites excluding steroid dienone is 1. The number of rotatable bonds is 2. The van der Waals surface area contributed by atoms with E-state index in [4.69, 9.17) is 4.74 Å². The lowest BCUT2D eigenvalue weighted by Gasteiger charge is -2.32. The highest BCUT2D eigenvalue weighted by atomic mass is 28.3. The second kappa shape index (κ2) is 8.86. The van der Waals surface area contributed by atoms with E-state index in [9.17, 15) is 4.79 Å². The van der Waals surface area contributed by atoms with E-state index in [1.165, 1.54) is 0 Å². The number of para-hydroxylation sites is 1. The average molecular weight is 410 g/mol. The lowest BCUT2D eigenvalue weighted by atomic mass is 9.93. The Bertz CT molecular complexity index is 883. The van der Waals surface area contributed by atoms with E-state index < -0.39 is 16.1 Å². The van der Waals surface area contributed by atoms with Crippen LogP contribution in [0.1, 0.15) is 18.9 Å². The van der Waals surface area contributed by atoms with Gasteiger partial charge in [-0.15, -0.1) is 17.0 Å².